The Bertz CT molecular complexity index is 1390. The molecule has 8 nitrogen and oxygen atoms in total. The van der Waals surface area contributed by atoms with Gasteiger partial charge in [-0.05, 0) is 43.7 Å². The summed E-state index contributed by atoms with van der Waals surface area (Å²) >= 11 is 2.19. The molecule has 0 N–H and O–H groups in total. The number of amides is 2. The van der Waals surface area contributed by atoms with E-state index in [4.69, 9.17) is 9.47 Å². The Kier molecular flexibility index (Phi) is 6.48. The molecule has 0 spiro atoms. The molecule has 3 atom stereocenters. The number of hydrogen-bond donors (Lipinski definition) is 0. The molecule has 1 aromatic heterocycles. The lowest BCUT2D eigenvalue weighted by atomic mass is 9.83. The van der Waals surface area contributed by atoms with Crippen LogP contribution in [0.25, 0.3) is 0 Å². The highest BCUT2D eigenvalue weighted by atomic mass is 32.2. The first kappa shape index (κ1) is 24.3. The highest BCUT2D eigenvalue weighted by Gasteiger charge is 2.56. The van der Waals surface area contributed by atoms with Crippen molar-refractivity contribution in [3.05, 3.63) is 74.2 Å². The zero-order chi connectivity index (χ0) is 25.6. The molecule has 10 heteroatoms. The molecule has 0 saturated carbocycles. The maximum Gasteiger partial charge on any atom is 0.326 e. The zero-order valence-electron chi connectivity index (χ0n) is 19.9. The predicted octanol–water partition coefficient (Wildman–Crippen LogP) is 3.59. The minimum Gasteiger partial charge on any atom is -0.497 e. The number of fused-ring (bicyclic) bond motifs is 2. The first-order valence-electron chi connectivity index (χ1n) is 11.5. The molecular weight excluding hydrogens is 500 g/mol. The number of rotatable bonds is 6. The molecule has 0 bridgehead atoms. The van der Waals surface area contributed by atoms with Crippen molar-refractivity contribution >= 4 is 46.6 Å². The molecule has 2 aromatic carbocycles. The Morgan fingerprint density at radius 2 is 1.69 bits per heavy atom. The van der Waals surface area contributed by atoms with Gasteiger partial charge >= 0.3 is 10.8 Å². The van der Waals surface area contributed by atoms with Crippen LogP contribution >= 0.6 is 23.1 Å². The molecule has 1 fully saturated rings. The summed E-state index contributed by atoms with van der Waals surface area (Å²) in [5, 5.41) is -0.201. The molecule has 36 heavy (non-hydrogen) atoms. The van der Waals surface area contributed by atoms with Gasteiger partial charge in [0.15, 0.2) is 0 Å². The topological polar surface area (TPSA) is 94.9 Å². The van der Waals surface area contributed by atoms with Gasteiger partial charge in [0.05, 0.1) is 30.3 Å². The molecule has 2 aliphatic rings. The molecule has 186 valence electrons. The highest BCUT2D eigenvalue weighted by Crippen LogP contribution is 2.54. The molecule has 0 aliphatic carbocycles. The fraction of sp³-hybridized carbons (Fsp3) is 0.308. The number of nitrogens with zero attached hydrogens (tertiary/aromatic N) is 2. The van der Waals surface area contributed by atoms with Crippen LogP contribution in [0.4, 0.5) is 5.69 Å². The van der Waals surface area contributed by atoms with Gasteiger partial charge in [-0.15, -0.1) is 0 Å². The van der Waals surface area contributed by atoms with E-state index >= 15 is 0 Å². The van der Waals surface area contributed by atoms with Crippen LogP contribution < -0.4 is 14.5 Å². The van der Waals surface area contributed by atoms with E-state index in [1.807, 2.05) is 31.2 Å². The van der Waals surface area contributed by atoms with Crippen molar-refractivity contribution in [2.24, 2.45) is 5.92 Å². The Hall–Kier alpha value is -3.37. The van der Waals surface area contributed by atoms with E-state index in [1.54, 1.807) is 38.3 Å². The van der Waals surface area contributed by atoms with E-state index in [9.17, 15) is 19.2 Å². The number of methoxy groups -OCH3 is 1. The fourth-order valence-electron chi connectivity index (χ4n) is 4.71. The number of aromatic nitrogens is 1. The monoisotopic (exact) mass is 524 g/mol. The van der Waals surface area contributed by atoms with Crippen LogP contribution in [0.5, 0.6) is 5.75 Å². The summed E-state index contributed by atoms with van der Waals surface area (Å²) in [6, 6.07) is 14.6. The Balaban J connectivity index is 1.63. The number of hydrogen-bond acceptors (Lipinski definition) is 8. The number of anilines is 1. The predicted molar refractivity (Wildman–Crippen MR) is 137 cm³/mol. The Labute approximate surface area is 215 Å². The molecule has 3 aromatic rings. The van der Waals surface area contributed by atoms with E-state index < -0.39 is 23.1 Å². The molecule has 5 rings (SSSR count). The van der Waals surface area contributed by atoms with Gasteiger partial charge in [-0.25, -0.2) is 4.90 Å². The van der Waals surface area contributed by atoms with Crippen molar-refractivity contribution in [1.29, 1.82) is 0 Å². The van der Waals surface area contributed by atoms with Crippen molar-refractivity contribution in [2.45, 2.75) is 36.6 Å². The van der Waals surface area contributed by atoms with Gasteiger partial charge < -0.3 is 9.47 Å². The first-order valence-corrected chi connectivity index (χ1v) is 13.2. The number of esters is 1. The third kappa shape index (κ3) is 4.04. The van der Waals surface area contributed by atoms with Gasteiger partial charge in [-0.3, -0.25) is 23.7 Å². The summed E-state index contributed by atoms with van der Waals surface area (Å²) in [4.78, 5) is 54.3. The summed E-state index contributed by atoms with van der Waals surface area (Å²) < 4.78 is 11.7. The van der Waals surface area contributed by atoms with E-state index in [1.165, 1.54) is 21.2 Å². The minimum absolute atomic E-state index is 0.199. The number of benzene rings is 2. The number of thioether (sulfide) groups is 1. The molecule has 2 aliphatic heterocycles. The van der Waals surface area contributed by atoms with Crippen LogP contribution in [-0.4, -0.2) is 41.3 Å². The third-order valence-electron chi connectivity index (χ3n) is 6.41. The Morgan fingerprint density at radius 3 is 2.33 bits per heavy atom. The van der Waals surface area contributed by atoms with Gasteiger partial charge in [-0.1, -0.05) is 52.9 Å². The van der Waals surface area contributed by atoms with Crippen LogP contribution in [0, 0.1) is 12.8 Å². The molecule has 1 saturated heterocycles. The molecule has 3 unspecified atom stereocenters. The van der Waals surface area contributed by atoms with Gasteiger partial charge in [0, 0.05) is 10.8 Å². The van der Waals surface area contributed by atoms with E-state index in [2.05, 4.69) is 0 Å². The van der Waals surface area contributed by atoms with Crippen molar-refractivity contribution in [1.82, 2.24) is 4.57 Å². The number of carbonyl (C=O) groups is 3. The normalized spacial score (nSPS) is 20.8. The highest BCUT2D eigenvalue weighted by molar-refractivity contribution is 8.00. The maximum atomic E-state index is 13.8. The molecular formula is C26H24N2O6S2. The van der Waals surface area contributed by atoms with Crippen molar-refractivity contribution < 1.29 is 23.9 Å². The van der Waals surface area contributed by atoms with Crippen molar-refractivity contribution in [2.75, 3.05) is 18.6 Å². The van der Waals surface area contributed by atoms with Crippen LogP contribution in [-0.2, 0) is 25.7 Å². The molecule has 0 radical (unpaired) electrons. The van der Waals surface area contributed by atoms with Crippen LogP contribution in [0.1, 0.15) is 28.8 Å². The third-order valence-corrected chi connectivity index (χ3v) is 9.01. The lowest BCUT2D eigenvalue weighted by Crippen LogP contribution is -2.32. The number of carbonyl (C=O) groups excluding carboxylic acids is 3. The first-order chi connectivity index (χ1) is 17.3. The van der Waals surface area contributed by atoms with E-state index in [0.29, 0.717) is 21.3 Å². The summed E-state index contributed by atoms with van der Waals surface area (Å²) in [5.41, 5.74) is 2.33. The summed E-state index contributed by atoms with van der Waals surface area (Å²) in [7, 11) is 1.57. The smallest absolute Gasteiger partial charge is 0.326 e. The summed E-state index contributed by atoms with van der Waals surface area (Å²) in [6.45, 7) is 3.59. The van der Waals surface area contributed by atoms with Gasteiger partial charge in [0.2, 0.25) is 11.8 Å². The SMILES string of the molecule is CCOC(=O)Cn1c2c(sc1=O)C(c1ccc(OC)cc1)C1C(=O)N(c3ccc(C)cc3)C(=O)C1S2. The minimum atomic E-state index is -0.735. The zero-order valence-corrected chi connectivity index (χ0v) is 21.6. The molecule has 2 amide bonds. The van der Waals surface area contributed by atoms with Crippen molar-refractivity contribution in [3.8, 4) is 5.75 Å². The van der Waals surface area contributed by atoms with Crippen LogP contribution in [0.2, 0.25) is 0 Å². The second-order valence-corrected chi connectivity index (χ2v) is 10.7. The van der Waals surface area contributed by atoms with Crippen molar-refractivity contribution in [3.63, 3.8) is 0 Å². The second kappa shape index (κ2) is 9.59. The summed E-state index contributed by atoms with van der Waals surface area (Å²) in [6.07, 6.45) is 0. The summed E-state index contributed by atoms with van der Waals surface area (Å²) in [5.74, 6) is -1.72. The lowest BCUT2D eigenvalue weighted by molar-refractivity contribution is -0.144. The van der Waals surface area contributed by atoms with Crippen LogP contribution in [0.15, 0.2) is 58.4 Å². The second-order valence-electron chi connectivity index (χ2n) is 8.59. The number of imide groups is 1. The van der Waals surface area contributed by atoms with Gasteiger partial charge in [-0.2, -0.15) is 0 Å². The number of ether oxygens (including phenoxy) is 2. The van der Waals surface area contributed by atoms with Gasteiger partial charge in [0.25, 0.3) is 0 Å². The standard InChI is InChI=1S/C26H24N2O6S2/c1-4-34-18(29)13-27-25-22(36-26(27)32)19(15-7-11-17(33-3)12-8-15)20-21(35-25)24(31)28(23(20)30)16-9-5-14(2)6-10-16/h5-12,19-21H,4,13H2,1-3H3. The number of thiazole rings is 1. The van der Waals surface area contributed by atoms with Crippen LogP contribution in [0.3, 0.4) is 0 Å². The van der Waals surface area contributed by atoms with E-state index in [-0.39, 0.29) is 29.8 Å². The average molecular weight is 525 g/mol. The fourth-order valence-corrected chi connectivity index (χ4v) is 7.48. The lowest BCUT2D eigenvalue weighted by Gasteiger charge is -2.30. The quantitative estimate of drug-likeness (QED) is 0.359. The largest absolute Gasteiger partial charge is 0.497 e. The Morgan fingerprint density at radius 1 is 1.00 bits per heavy atom. The van der Waals surface area contributed by atoms with E-state index in [0.717, 1.165) is 22.5 Å². The maximum absolute atomic E-state index is 13.8. The number of aryl methyl sites for hydroxylation is 1. The van der Waals surface area contributed by atoms with Gasteiger partial charge in [0.1, 0.15) is 17.5 Å². The average Bonchev–Trinajstić information content (AvgIpc) is 3.31. The molecule has 3 heterocycles.